The van der Waals surface area contributed by atoms with Crippen molar-refractivity contribution in [3.8, 4) is 11.5 Å². The molecule has 0 saturated carbocycles. The number of ether oxygens (including phenoxy) is 2. The van der Waals surface area contributed by atoms with E-state index in [0.29, 0.717) is 24.1 Å². The topological polar surface area (TPSA) is 66.1 Å². The van der Waals surface area contributed by atoms with Gasteiger partial charge in [0.05, 0.1) is 7.11 Å². The van der Waals surface area contributed by atoms with Crippen LogP contribution in [0.1, 0.15) is 18.9 Å². The van der Waals surface area contributed by atoms with E-state index in [9.17, 15) is 4.79 Å². The third kappa shape index (κ3) is 5.57. The van der Waals surface area contributed by atoms with Crippen LogP contribution in [0.15, 0.2) is 18.2 Å². The smallest absolute Gasteiger partial charge is 0.257 e. The number of hydrogen-bond acceptors (Lipinski definition) is 6. The summed E-state index contributed by atoms with van der Waals surface area (Å²) in [7, 11) is 1.63. The van der Waals surface area contributed by atoms with E-state index in [1.807, 2.05) is 19.1 Å². The van der Waals surface area contributed by atoms with Gasteiger partial charge >= 0.3 is 0 Å². The minimum absolute atomic E-state index is 0.00203. The van der Waals surface area contributed by atoms with Gasteiger partial charge in [-0.2, -0.15) is 0 Å². The molecule has 1 atom stereocenters. The molecule has 0 bridgehead atoms. The second-order valence-electron chi connectivity index (χ2n) is 7.19. The van der Waals surface area contributed by atoms with Crippen LogP contribution in [0, 0.1) is 0 Å². The molecule has 7 heteroatoms. The number of nitrogens with zero attached hydrogens (tertiary/aromatic N) is 2. The number of benzene rings is 1. The second-order valence-corrected chi connectivity index (χ2v) is 7.19. The van der Waals surface area contributed by atoms with Crippen molar-refractivity contribution >= 4 is 5.91 Å². The Morgan fingerprint density at radius 3 is 2.81 bits per heavy atom. The highest BCUT2D eigenvalue weighted by atomic mass is 16.5. The summed E-state index contributed by atoms with van der Waals surface area (Å²) >= 11 is 0. The summed E-state index contributed by atoms with van der Waals surface area (Å²) in [5.74, 6) is 1.15. The number of methoxy groups -OCH3 is 1. The van der Waals surface area contributed by atoms with Gasteiger partial charge in [-0.3, -0.25) is 14.6 Å². The minimum Gasteiger partial charge on any atom is -0.493 e. The summed E-state index contributed by atoms with van der Waals surface area (Å²) in [6.45, 7) is 10.2. The van der Waals surface area contributed by atoms with Gasteiger partial charge in [-0.1, -0.05) is 6.07 Å². The van der Waals surface area contributed by atoms with Gasteiger partial charge in [0.25, 0.3) is 5.91 Å². The Kier molecular flexibility index (Phi) is 7.32. The van der Waals surface area contributed by atoms with Gasteiger partial charge in [-0.25, -0.2) is 0 Å². The summed E-state index contributed by atoms with van der Waals surface area (Å²) in [5.41, 5.74) is 1.21. The van der Waals surface area contributed by atoms with Crippen molar-refractivity contribution in [2.24, 2.45) is 0 Å². The highest BCUT2D eigenvalue weighted by Crippen LogP contribution is 2.29. The van der Waals surface area contributed by atoms with E-state index in [4.69, 9.17) is 9.47 Å². The van der Waals surface area contributed by atoms with Crippen LogP contribution in [0.3, 0.4) is 0 Å². The molecular formula is C20H32N4O3. The molecule has 3 rings (SSSR count). The number of amides is 1. The van der Waals surface area contributed by atoms with Gasteiger partial charge in [-0.15, -0.1) is 0 Å². The molecule has 1 amide bonds. The molecular weight excluding hydrogens is 344 g/mol. The number of rotatable bonds is 8. The quantitative estimate of drug-likeness (QED) is 0.696. The number of likely N-dealkylation sites (tertiary alicyclic amines) is 1. The Labute approximate surface area is 162 Å². The van der Waals surface area contributed by atoms with Gasteiger partial charge in [0, 0.05) is 58.4 Å². The van der Waals surface area contributed by atoms with Crippen LogP contribution in [-0.4, -0.2) is 81.3 Å². The Hall–Kier alpha value is -1.83. The van der Waals surface area contributed by atoms with E-state index in [2.05, 4.69) is 26.5 Å². The van der Waals surface area contributed by atoms with Crippen molar-refractivity contribution in [1.29, 1.82) is 0 Å². The van der Waals surface area contributed by atoms with Crippen molar-refractivity contribution in [3.05, 3.63) is 23.8 Å². The minimum atomic E-state index is -0.125. The van der Waals surface area contributed by atoms with Crippen molar-refractivity contribution in [3.63, 3.8) is 0 Å². The molecule has 0 aliphatic carbocycles. The Morgan fingerprint density at radius 1 is 1.26 bits per heavy atom. The summed E-state index contributed by atoms with van der Waals surface area (Å²) < 4.78 is 11.1. The third-order valence-electron chi connectivity index (χ3n) is 5.28. The van der Waals surface area contributed by atoms with Crippen LogP contribution in [0.4, 0.5) is 0 Å². The second kappa shape index (κ2) is 9.92. The lowest BCUT2D eigenvalue weighted by molar-refractivity contribution is -0.123. The third-order valence-corrected chi connectivity index (χ3v) is 5.28. The van der Waals surface area contributed by atoms with Gasteiger partial charge in [0.15, 0.2) is 18.1 Å². The molecule has 2 heterocycles. The highest BCUT2D eigenvalue weighted by Gasteiger charge is 2.28. The summed E-state index contributed by atoms with van der Waals surface area (Å²) in [6.07, 6.45) is 1.24. The first-order valence-electron chi connectivity index (χ1n) is 9.93. The standard InChI is InChI=1S/C20H32N4O3/c1-3-22-20(25)15-27-18-5-4-16(12-19(18)26-2)13-23-9-6-17(14-23)24-10-7-21-8-11-24/h4-5,12,17,21H,3,6-11,13-15H2,1-2H3,(H,22,25). The molecule has 2 N–H and O–H groups in total. The molecule has 27 heavy (non-hydrogen) atoms. The molecule has 1 aromatic rings. The summed E-state index contributed by atoms with van der Waals surface area (Å²) in [4.78, 5) is 16.7. The zero-order valence-electron chi connectivity index (χ0n) is 16.5. The maximum Gasteiger partial charge on any atom is 0.257 e. The van der Waals surface area contributed by atoms with E-state index in [-0.39, 0.29) is 12.5 Å². The lowest BCUT2D eigenvalue weighted by atomic mass is 10.2. The van der Waals surface area contributed by atoms with E-state index in [1.165, 1.54) is 12.0 Å². The number of nitrogens with one attached hydrogen (secondary N) is 2. The van der Waals surface area contributed by atoms with Crippen molar-refractivity contribution in [2.45, 2.75) is 25.9 Å². The SMILES string of the molecule is CCNC(=O)COc1ccc(CN2CCC(N3CCNCC3)C2)cc1OC. The Balaban J connectivity index is 1.53. The summed E-state index contributed by atoms with van der Waals surface area (Å²) in [6, 6.07) is 6.66. The Bertz CT molecular complexity index is 619. The van der Waals surface area contributed by atoms with Crippen LogP contribution in [0.5, 0.6) is 11.5 Å². The lowest BCUT2D eigenvalue weighted by Crippen LogP contribution is -2.49. The molecule has 2 saturated heterocycles. The van der Waals surface area contributed by atoms with Gasteiger partial charge in [0.1, 0.15) is 0 Å². The van der Waals surface area contributed by atoms with Crippen LogP contribution in [0.25, 0.3) is 0 Å². The van der Waals surface area contributed by atoms with Crippen molar-refractivity contribution < 1.29 is 14.3 Å². The molecule has 2 aliphatic rings. The average molecular weight is 377 g/mol. The first-order valence-corrected chi connectivity index (χ1v) is 9.93. The molecule has 0 radical (unpaired) electrons. The van der Waals surface area contributed by atoms with Crippen LogP contribution < -0.4 is 20.1 Å². The largest absolute Gasteiger partial charge is 0.493 e. The molecule has 1 aromatic carbocycles. The maximum absolute atomic E-state index is 11.6. The molecule has 2 aliphatic heterocycles. The molecule has 0 aromatic heterocycles. The van der Waals surface area contributed by atoms with E-state index in [1.54, 1.807) is 7.11 Å². The Morgan fingerprint density at radius 2 is 2.07 bits per heavy atom. The van der Waals surface area contributed by atoms with Gasteiger partial charge in [-0.05, 0) is 31.0 Å². The zero-order chi connectivity index (χ0) is 19.1. The number of carbonyl (C=O) groups is 1. The van der Waals surface area contributed by atoms with Crippen molar-refractivity contribution in [1.82, 2.24) is 20.4 Å². The first-order chi connectivity index (χ1) is 13.2. The van der Waals surface area contributed by atoms with Crippen LogP contribution in [0.2, 0.25) is 0 Å². The van der Waals surface area contributed by atoms with E-state index < -0.39 is 0 Å². The van der Waals surface area contributed by atoms with Crippen molar-refractivity contribution in [2.75, 3.05) is 59.5 Å². The summed E-state index contributed by atoms with van der Waals surface area (Å²) in [5, 5.41) is 6.15. The molecule has 2 fully saturated rings. The number of carbonyl (C=O) groups excluding carboxylic acids is 1. The number of hydrogen-bond donors (Lipinski definition) is 2. The predicted octanol–water partition coefficient (Wildman–Crippen LogP) is 0.690. The fraction of sp³-hybridized carbons (Fsp3) is 0.650. The average Bonchev–Trinajstić information content (AvgIpc) is 3.16. The number of likely N-dealkylation sites (N-methyl/N-ethyl adjacent to an activating group) is 1. The van der Waals surface area contributed by atoms with E-state index in [0.717, 1.165) is 45.8 Å². The fourth-order valence-electron chi connectivity index (χ4n) is 3.88. The maximum atomic E-state index is 11.6. The molecule has 1 unspecified atom stereocenters. The van der Waals surface area contributed by atoms with Gasteiger partial charge < -0.3 is 20.1 Å². The lowest BCUT2D eigenvalue weighted by Gasteiger charge is -2.32. The molecule has 150 valence electrons. The molecule has 0 spiro atoms. The normalized spacial score (nSPS) is 21.2. The highest BCUT2D eigenvalue weighted by molar-refractivity contribution is 5.77. The van der Waals surface area contributed by atoms with Gasteiger partial charge in [0.2, 0.25) is 0 Å². The molecule has 7 nitrogen and oxygen atoms in total. The number of piperazine rings is 1. The zero-order valence-corrected chi connectivity index (χ0v) is 16.5. The fourth-order valence-corrected chi connectivity index (χ4v) is 3.88. The monoisotopic (exact) mass is 376 g/mol. The predicted molar refractivity (Wildman–Crippen MR) is 105 cm³/mol. The van der Waals surface area contributed by atoms with Crippen LogP contribution in [-0.2, 0) is 11.3 Å². The van der Waals surface area contributed by atoms with E-state index >= 15 is 0 Å². The first kappa shape index (κ1) is 19.9. The van der Waals surface area contributed by atoms with Crippen LogP contribution >= 0.6 is 0 Å².